The highest BCUT2D eigenvalue weighted by Gasteiger charge is 2.11. The third kappa shape index (κ3) is 5.58. The maximum Gasteiger partial charge on any atom is 0.251 e. The average Bonchev–Trinajstić information content (AvgIpc) is 2.65. The molecule has 0 spiro atoms. The largest absolute Gasteiger partial charge is 0.494 e. The van der Waals surface area contributed by atoms with Crippen LogP contribution in [0, 0.1) is 5.82 Å². The van der Waals surface area contributed by atoms with E-state index in [1.165, 1.54) is 13.2 Å². The summed E-state index contributed by atoms with van der Waals surface area (Å²) in [4.78, 5) is 25.6. The van der Waals surface area contributed by atoms with Crippen LogP contribution >= 0.6 is 0 Å². The second-order valence-corrected chi connectivity index (χ2v) is 5.94. The zero-order valence-corrected chi connectivity index (χ0v) is 15.0. The van der Waals surface area contributed by atoms with Gasteiger partial charge in [-0.2, -0.15) is 0 Å². The third-order valence-electron chi connectivity index (χ3n) is 3.95. The topological polar surface area (TPSA) is 58.6 Å². The van der Waals surface area contributed by atoms with Crippen molar-refractivity contribution in [3.05, 3.63) is 65.5 Å². The van der Waals surface area contributed by atoms with Gasteiger partial charge in [-0.05, 0) is 36.2 Å². The zero-order valence-electron chi connectivity index (χ0n) is 15.0. The molecule has 26 heavy (non-hydrogen) atoms. The van der Waals surface area contributed by atoms with E-state index in [9.17, 15) is 14.0 Å². The molecule has 138 valence electrons. The molecule has 0 bridgehead atoms. The van der Waals surface area contributed by atoms with Gasteiger partial charge >= 0.3 is 0 Å². The molecule has 0 saturated heterocycles. The van der Waals surface area contributed by atoms with Crippen LogP contribution in [-0.2, 0) is 11.3 Å². The molecular formula is C20H23FN2O3. The second kappa shape index (κ2) is 9.56. The van der Waals surface area contributed by atoms with Crippen molar-refractivity contribution in [1.29, 1.82) is 0 Å². The van der Waals surface area contributed by atoms with Crippen molar-refractivity contribution in [3.8, 4) is 5.75 Å². The Kier molecular flexibility index (Phi) is 7.14. The van der Waals surface area contributed by atoms with E-state index in [-0.39, 0.29) is 17.6 Å². The predicted octanol–water partition coefficient (Wildman–Crippen LogP) is 3.00. The van der Waals surface area contributed by atoms with Gasteiger partial charge in [0.15, 0.2) is 11.6 Å². The quantitative estimate of drug-likeness (QED) is 0.738. The van der Waals surface area contributed by atoms with Crippen molar-refractivity contribution in [1.82, 2.24) is 10.2 Å². The SMILES string of the molecule is COc1ccc(CN(C)C(=O)CCCNC(=O)c2ccccc2)cc1F. The summed E-state index contributed by atoms with van der Waals surface area (Å²) in [6.45, 7) is 0.737. The van der Waals surface area contributed by atoms with Crippen molar-refractivity contribution in [2.45, 2.75) is 19.4 Å². The van der Waals surface area contributed by atoms with Crippen LogP contribution in [0.1, 0.15) is 28.8 Å². The smallest absolute Gasteiger partial charge is 0.251 e. The van der Waals surface area contributed by atoms with Gasteiger partial charge in [0.1, 0.15) is 0 Å². The molecule has 0 aromatic heterocycles. The molecule has 2 aromatic carbocycles. The fraction of sp³-hybridized carbons (Fsp3) is 0.300. The number of hydrogen-bond acceptors (Lipinski definition) is 3. The Labute approximate surface area is 152 Å². The molecule has 0 saturated carbocycles. The van der Waals surface area contributed by atoms with Gasteiger partial charge in [-0.15, -0.1) is 0 Å². The molecule has 2 amide bonds. The number of benzene rings is 2. The molecule has 2 rings (SSSR count). The van der Waals surface area contributed by atoms with Crippen molar-refractivity contribution < 1.29 is 18.7 Å². The highest BCUT2D eigenvalue weighted by atomic mass is 19.1. The first-order valence-electron chi connectivity index (χ1n) is 8.41. The summed E-state index contributed by atoms with van der Waals surface area (Å²) < 4.78 is 18.6. The molecule has 5 nitrogen and oxygen atoms in total. The van der Waals surface area contributed by atoms with E-state index in [2.05, 4.69) is 5.32 Å². The number of carbonyl (C=O) groups is 2. The number of hydrogen-bond donors (Lipinski definition) is 1. The predicted molar refractivity (Wildman–Crippen MR) is 97.4 cm³/mol. The van der Waals surface area contributed by atoms with Crippen LogP contribution in [0.3, 0.4) is 0 Å². The molecule has 0 radical (unpaired) electrons. The first-order chi connectivity index (χ1) is 12.5. The molecule has 0 aliphatic heterocycles. The van der Waals surface area contributed by atoms with Crippen LogP contribution in [0.2, 0.25) is 0 Å². The first kappa shape index (κ1) is 19.4. The Hall–Kier alpha value is -2.89. The molecule has 0 aliphatic rings. The van der Waals surface area contributed by atoms with E-state index >= 15 is 0 Å². The Balaban J connectivity index is 1.73. The number of nitrogens with zero attached hydrogens (tertiary/aromatic N) is 1. The average molecular weight is 358 g/mol. The molecule has 0 heterocycles. The second-order valence-electron chi connectivity index (χ2n) is 5.94. The molecule has 0 atom stereocenters. The summed E-state index contributed by atoms with van der Waals surface area (Å²) in [5.41, 5.74) is 1.29. The van der Waals surface area contributed by atoms with Crippen LogP contribution in [0.4, 0.5) is 4.39 Å². The van der Waals surface area contributed by atoms with Gasteiger partial charge in [-0.25, -0.2) is 4.39 Å². The first-order valence-corrected chi connectivity index (χ1v) is 8.41. The Morgan fingerprint density at radius 1 is 1.15 bits per heavy atom. The minimum Gasteiger partial charge on any atom is -0.494 e. The summed E-state index contributed by atoms with van der Waals surface area (Å²) in [5.74, 6) is -0.485. The molecule has 6 heteroatoms. The molecule has 0 unspecified atom stereocenters. The summed E-state index contributed by atoms with van der Waals surface area (Å²) in [7, 11) is 3.08. The lowest BCUT2D eigenvalue weighted by Crippen LogP contribution is -2.28. The van der Waals surface area contributed by atoms with Crippen LogP contribution < -0.4 is 10.1 Å². The maximum atomic E-state index is 13.7. The normalized spacial score (nSPS) is 10.3. The van der Waals surface area contributed by atoms with Gasteiger partial charge in [0, 0.05) is 32.1 Å². The fourth-order valence-electron chi connectivity index (χ4n) is 2.49. The number of nitrogens with one attached hydrogen (secondary N) is 1. The summed E-state index contributed by atoms with van der Waals surface area (Å²) in [6, 6.07) is 13.6. The number of amides is 2. The lowest BCUT2D eigenvalue weighted by Gasteiger charge is -2.17. The monoisotopic (exact) mass is 358 g/mol. The van der Waals surface area contributed by atoms with Gasteiger partial charge in [0.2, 0.25) is 5.91 Å². The summed E-state index contributed by atoms with van der Waals surface area (Å²) in [6.07, 6.45) is 0.850. The third-order valence-corrected chi connectivity index (χ3v) is 3.95. The van der Waals surface area contributed by atoms with Gasteiger partial charge in [-0.1, -0.05) is 24.3 Å². The van der Waals surface area contributed by atoms with E-state index in [4.69, 9.17) is 4.74 Å². The van der Waals surface area contributed by atoms with Gasteiger partial charge in [-0.3, -0.25) is 9.59 Å². The van der Waals surface area contributed by atoms with Gasteiger partial charge in [0.25, 0.3) is 5.91 Å². The number of rotatable bonds is 8. The van der Waals surface area contributed by atoms with Crippen molar-refractivity contribution >= 4 is 11.8 Å². The minimum absolute atomic E-state index is 0.0600. The lowest BCUT2D eigenvalue weighted by molar-refractivity contribution is -0.130. The van der Waals surface area contributed by atoms with Crippen molar-refractivity contribution in [2.24, 2.45) is 0 Å². The number of ether oxygens (including phenoxy) is 1. The highest BCUT2D eigenvalue weighted by Crippen LogP contribution is 2.18. The van der Waals surface area contributed by atoms with Crippen LogP contribution in [0.5, 0.6) is 5.75 Å². The van der Waals surface area contributed by atoms with E-state index in [1.54, 1.807) is 48.3 Å². The van der Waals surface area contributed by atoms with Crippen molar-refractivity contribution in [3.63, 3.8) is 0 Å². The molecule has 0 fully saturated rings. The maximum absolute atomic E-state index is 13.7. The lowest BCUT2D eigenvalue weighted by atomic mass is 10.2. The standard InChI is InChI=1S/C20H23FN2O3/c1-23(14-15-10-11-18(26-2)17(21)13-15)19(24)9-6-12-22-20(25)16-7-4-3-5-8-16/h3-5,7-8,10-11,13H,6,9,12,14H2,1-2H3,(H,22,25). The summed E-state index contributed by atoms with van der Waals surface area (Å²) >= 11 is 0. The van der Waals surface area contributed by atoms with Crippen LogP contribution in [0.25, 0.3) is 0 Å². The van der Waals surface area contributed by atoms with Crippen LogP contribution in [-0.4, -0.2) is 37.4 Å². The fourth-order valence-corrected chi connectivity index (χ4v) is 2.49. The Bertz CT molecular complexity index is 750. The zero-order chi connectivity index (χ0) is 18.9. The Morgan fingerprint density at radius 2 is 1.88 bits per heavy atom. The Morgan fingerprint density at radius 3 is 2.54 bits per heavy atom. The van der Waals surface area contributed by atoms with Gasteiger partial charge < -0.3 is 15.0 Å². The molecule has 2 aromatic rings. The van der Waals surface area contributed by atoms with Crippen LogP contribution in [0.15, 0.2) is 48.5 Å². The highest BCUT2D eigenvalue weighted by molar-refractivity contribution is 5.94. The van der Waals surface area contributed by atoms with Crippen molar-refractivity contribution in [2.75, 3.05) is 20.7 Å². The summed E-state index contributed by atoms with van der Waals surface area (Å²) in [5, 5.41) is 2.79. The number of halogens is 1. The minimum atomic E-state index is -0.450. The number of carbonyl (C=O) groups excluding carboxylic acids is 2. The van der Waals surface area contributed by atoms with Gasteiger partial charge in [0.05, 0.1) is 7.11 Å². The molecule has 0 aliphatic carbocycles. The van der Waals surface area contributed by atoms with E-state index in [0.717, 1.165) is 0 Å². The molecular weight excluding hydrogens is 335 g/mol. The molecule has 1 N–H and O–H groups in total. The van der Waals surface area contributed by atoms with E-state index in [1.807, 2.05) is 6.07 Å². The van der Waals surface area contributed by atoms with E-state index < -0.39 is 5.82 Å². The van der Waals surface area contributed by atoms with E-state index in [0.29, 0.717) is 37.1 Å². The number of methoxy groups -OCH3 is 1.